The van der Waals surface area contributed by atoms with Gasteiger partial charge in [0.25, 0.3) is 0 Å². The number of ether oxygens (including phenoxy) is 1. The van der Waals surface area contributed by atoms with Gasteiger partial charge in [-0.15, -0.1) is 0 Å². The van der Waals surface area contributed by atoms with Gasteiger partial charge in [-0.2, -0.15) is 0 Å². The van der Waals surface area contributed by atoms with Crippen molar-refractivity contribution in [3.63, 3.8) is 0 Å². The summed E-state index contributed by atoms with van der Waals surface area (Å²) in [5.41, 5.74) is -0.163. The second-order valence-electron chi connectivity index (χ2n) is 4.20. The Morgan fingerprint density at radius 1 is 1.44 bits per heavy atom. The number of unbranched alkanes of at least 4 members (excludes halogenated alkanes) is 1. The fourth-order valence-corrected chi connectivity index (χ4v) is 1.65. The normalized spacial score (nSPS) is 15.2. The van der Waals surface area contributed by atoms with Crippen LogP contribution in [0.5, 0.6) is 0 Å². The van der Waals surface area contributed by atoms with Crippen molar-refractivity contribution in [3.8, 4) is 0 Å². The van der Waals surface area contributed by atoms with E-state index < -0.39 is 18.1 Å². The molecule has 0 aliphatic carbocycles. The van der Waals surface area contributed by atoms with Crippen molar-refractivity contribution in [1.29, 1.82) is 0 Å². The third-order valence-electron chi connectivity index (χ3n) is 2.72. The maximum Gasteiger partial charge on any atom is 0.338 e. The van der Waals surface area contributed by atoms with E-state index in [-0.39, 0.29) is 36.8 Å². The smallest absolute Gasteiger partial charge is 0.338 e. The van der Waals surface area contributed by atoms with E-state index in [4.69, 9.17) is 15.3 Å². The zero-order chi connectivity index (χ0) is 16.7. The molecule has 0 aromatic heterocycles. The van der Waals surface area contributed by atoms with Gasteiger partial charge in [-0.05, 0) is 30.9 Å². The van der Waals surface area contributed by atoms with Gasteiger partial charge in [0.05, 0.1) is 17.7 Å². The SMILES string of the molecule is [2H]c1cc(C(=O)OCC(CCO)CCCC)c([2H])c([2H])c1[2H]. The molecule has 1 rings (SSSR count). The number of carbonyl (C=O) groups excluding carboxylic acids is 1. The zero-order valence-corrected chi connectivity index (χ0v) is 10.7. The van der Waals surface area contributed by atoms with E-state index in [2.05, 4.69) is 6.92 Å². The van der Waals surface area contributed by atoms with Crippen LogP contribution in [-0.4, -0.2) is 24.3 Å². The summed E-state index contributed by atoms with van der Waals surface area (Å²) >= 11 is 0. The van der Waals surface area contributed by atoms with Crippen LogP contribution in [-0.2, 0) is 4.74 Å². The third-order valence-corrected chi connectivity index (χ3v) is 2.72. The summed E-state index contributed by atoms with van der Waals surface area (Å²) in [6.07, 6.45) is 3.38. The average Bonchev–Trinajstić information content (AvgIpc) is 2.51. The zero-order valence-electron chi connectivity index (χ0n) is 14.7. The minimum Gasteiger partial charge on any atom is -0.462 e. The Bertz CT molecular complexity index is 520. The molecule has 18 heavy (non-hydrogen) atoms. The van der Waals surface area contributed by atoms with Gasteiger partial charge in [-0.3, -0.25) is 0 Å². The Morgan fingerprint density at radius 2 is 2.28 bits per heavy atom. The number of esters is 1. The average molecular weight is 254 g/mol. The van der Waals surface area contributed by atoms with E-state index in [9.17, 15) is 4.79 Å². The number of aliphatic hydroxyl groups excluding tert-OH is 1. The molecule has 1 N–H and O–H groups in total. The lowest BCUT2D eigenvalue weighted by molar-refractivity contribution is 0.0409. The van der Waals surface area contributed by atoms with Gasteiger partial charge in [-0.1, -0.05) is 37.9 Å². The fraction of sp³-hybridized carbons (Fsp3) is 0.533. The van der Waals surface area contributed by atoms with Gasteiger partial charge >= 0.3 is 5.97 Å². The summed E-state index contributed by atoms with van der Waals surface area (Å²) in [5, 5.41) is 9.02. The van der Waals surface area contributed by atoms with E-state index in [1.807, 2.05) is 0 Å². The molecule has 0 spiro atoms. The summed E-state index contributed by atoms with van der Waals surface area (Å²) in [5.74, 6) is -0.698. The van der Waals surface area contributed by atoms with Crippen LogP contribution in [0.25, 0.3) is 0 Å². The number of aliphatic hydroxyl groups is 1. The summed E-state index contributed by atoms with van der Waals surface area (Å²) < 4.78 is 35.4. The molecule has 0 aliphatic rings. The van der Waals surface area contributed by atoms with Gasteiger partial charge in [-0.25, -0.2) is 4.79 Å². The first-order valence-electron chi connectivity index (χ1n) is 8.27. The molecule has 0 saturated heterocycles. The van der Waals surface area contributed by atoms with Crippen LogP contribution in [0.4, 0.5) is 0 Å². The highest BCUT2D eigenvalue weighted by Gasteiger charge is 2.12. The summed E-state index contributed by atoms with van der Waals surface area (Å²) in [6.45, 7) is 2.22. The summed E-state index contributed by atoms with van der Waals surface area (Å²) in [4.78, 5) is 12.0. The Hall–Kier alpha value is -1.35. The predicted molar refractivity (Wildman–Crippen MR) is 71.4 cm³/mol. The Balaban J connectivity index is 2.76. The van der Waals surface area contributed by atoms with Gasteiger partial charge < -0.3 is 9.84 Å². The molecule has 0 bridgehead atoms. The van der Waals surface area contributed by atoms with Crippen LogP contribution < -0.4 is 0 Å². The van der Waals surface area contributed by atoms with E-state index in [1.54, 1.807) is 0 Å². The van der Waals surface area contributed by atoms with Crippen LogP contribution in [0.3, 0.4) is 0 Å². The van der Waals surface area contributed by atoms with Gasteiger partial charge in [0.2, 0.25) is 0 Å². The van der Waals surface area contributed by atoms with Crippen molar-refractivity contribution in [3.05, 3.63) is 35.8 Å². The first-order chi connectivity index (χ1) is 10.4. The van der Waals surface area contributed by atoms with Crippen LogP contribution in [0.2, 0.25) is 0 Å². The maximum atomic E-state index is 12.0. The van der Waals surface area contributed by atoms with Gasteiger partial charge in [0, 0.05) is 6.61 Å². The highest BCUT2D eigenvalue weighted by atomic mass is 16.5. The molecule has 1 atom stereocenters. The third kappa shape index (κ3) is 5.32. The standard InChI is InChI=1S/C15H22O3/c1-2-3-7-13(10-11-16)12-18-15(17)14-8-5-4-6-9-14/h4-6,8-9,13,16H,2-3,7,10-12H2,1H3/i4D,5D,6D,8D. The molecule has 3 heteroatoms. The summed E-state index contributed by atoms with van der Waals surface area (Å²) in [6, 6.07) is -0.387. The van der Waals surface area contributed by atoms with Crippen molar-refractivity contribution < 1.29 is 20.1 Å². The molecule has 3 nitrogen and oxygen atoms in total. The van der Waals surface area contributed by atoms with Crippen LogP contribution in [0.1, 0.15) is 48.4 Å². The van der Waals surface area contributed by atoms with Crippen molar-refractivity contribution in [1.82, 2.24) is 0 Å². The number of benzene rings is 1. The summed E-state index contributed by atoms with van der Waals surface area (Å²) in [7, 11) is 0. The van der Waals surface area contributed by atoms with Crippen molar-refractivity contribution in [2.24, 2.45) is 5.92 Å². The van der Waals surface area contributed by atoms with E-state index >= 15 is 0 Å². The van der Waals surface area contributed by atoms with Crippen molar-refractivity contribution in [2.45, 2.75) is 32.6 Å². The molecule has 0 amide bonds. The monoisotopic (exact) mass is 254 g/mol. The topological polar surface area (TPSA) is 46.5 Å². The number of carbonyl (C=O) groups is 1. The molecule has 1 aromatic rings. The molecule has 0 radical (unpaired) electrons. The van der Waals surface area contributed by atoms with Gasteiger partial charge in [0.15, 0.2) is 0 Å². The Kier molecular flexibility index (Phi) is 4.62. The lowest BCUT2D eigenvalue weighted by Crippen LogP contribution is -2.15. The molecular weight excluding hydrogens is 228 g/mol. The largest absolute Gasteiger partial charge is 0.462 e. The molecule has 0 fully saturated rings. The van der Waals surface area contributed by atoms with E-state index in [0.29, 0.717) is 6.42 Å². The molecule has 100 valence electrons. The lowest BCUT2D eigenvalue weighted by Gasteiger charge is -2.15. The predicted octanol–water partition coefficient (Wildman–Crippen LogP) is 3.03. The molecule has 0 heterocycles. The van der Waals surface area contributed by atoms with Gasteiger partial charge in [0.1, 0.15) is 0 Å². The van der Waals surface area contributed by atoms with Crippen LogP contribution >= 0.6 is 0 Å². The molecule has 0 aliphatic heterocycles. The second-order valence-corrected chi connectivity index (χ2v) is 4.20. The lowest BCUT2D eigenvalue weighted by atomic mass is 10.00. The number of rotatable bonds is 8. The maximum absolute atomic E-state index is 12.0. The first kappa shape index (κ1) is 9.56. The van der Waals surface area contributed by atoms with Crippen molar-refractivity contribution >= 4 is 5.97 Å². The molecule has 1 aromatic carbocycles. The molecule has 1 unspecified atom stereocenters. The quantitative estimate of drug-likeness (QED) is 0.725. The van der Waals surface area contributed by atoms with Crippen LogP contribution in [0, 0.1) is 5.92 Å². The second kappa shape index (κ2) is 8.70. The fourth-order valence-electron chi connectivity index (χ4n) is 1.65. The van der Waals surface area contributed by atoms with E-state index in [1.165, 1.54) is 0 Å². The molecular formula is C15H22O3. The van der Waals surface area contributed by atoms with Crippen molar-refractivity contribution in [2.75, 3.05) is 13.2 Å². The van der Waals surface area contributed by atoms with Crippen LogP contribution in [0.15, 0.2) is 30.2 Å². The highest BCUT2D eigenvalue weighted by Crippen LogP contribution is 2.14. The number of hydrogen-bond acceptors (Lipinski definition) is 3. The highest BCUT2D eigenvalue weighted by molar-refractivity contribution is 5.89. The number of hydrogen-bond donors (Lipinski definition) is 1. The molecule has 0 saturated carbocycles. The minimum absolute atomic E-state index is 0.0247. The minimum atomic E-state index is -0.758. The Morgan fingerprint density at radius 3 is 3.00 bits per heavy atom. The Labute approximate surface area is 114 Å². The van der Waals surface area contributed by atoms with E-state index in [0.717, 1.165) is 25.3 Å². The first-order valence-corrected chi connectivity index (χ1v) is 6.27.